The van der Waals surface area contributed by atoms with Crippen LogP contribution in [0.1, 0.15) is 0 Å². The number of furan rings is 1. The van der Waals surface area contributed by atoms with Crippen LogP contribution in [0.5, 0.6) is 0 Å². The van der Waals surface area contributed by atoms with E-state index in [2.05, 4.69) is 25.5 Å². The minimum absolute atomic E-state index is 0.0287. The lowest BCUT2D eigenvalue weighted by molar-refractivity contribution is 0.580. The standard InChI is InChI=1S/C15H11ClN6O3S2/c16-8-7-18-15(11-3-4-13(26-11)27(17,23)24)20-14(8)19-12-6-9(21-22-12)10-2-1-5-25-10/h1-7H,(H2,17,23,24)(H2,18,19,20,21,22). The molecule has 0 aliphatic carbocycles. The maximum atomic E-state index is 11.4. The first kappa shape index (κ1) is 17.7. The molecule has 4 aromatic heterocycles. The van der Waals surface area contributed by atoms with Gasteiger partial charge in [0, 0.05) is 6.07 Å². The summed E-state index contributed by atoms with van der Waals surface area (Å²) in [6, 6.07) is 8.30. The highest BCUT2D eigenvalue weighted by Gasteiger charge is 2.15. The molecule has 0 amide bonds. The van der Waals surface area contributed by atoms with Gasteiger partial charge in [-0.1, -0.05) is 11.6 Å². The Hall–Kier alpha value is -2.73. The summed E-state index contributed by atoms with van der Waals surface area (Å²) in [4.78, 5) is 9.03. The average Bonchev–Trinajstić information content (AvgIpc) is 3.37. The SMILES string of the molecule is NS(=O)(=O)c1ccc(-c2ncc(Cl)c(Nc3cc(-c4ccco4)[nH]n3)n2)s1. The van der Waals surface area contributed by atoms with Gasteiger partial charge in [-0.25, -0.2) is 23.5 Å². The molecular weight excluding hydrogens is 412 g/mol. The van der Waals surface area contributed by atoms with E-state index in [-0.39, 0.29) is 9.23 Å². The van der Waals surface area contributed by atoms with Crippen molar-refractivity contribution in [3.05, 3.63) is 47.8 Å². The van der Waals surface area contributed by atoms with Gasteiger partial charge in [0.15, 0.2) is 23.2 Å². The van der Waals surface area contributed by atoms with E-state index in [1.54, 1.807) is 30.5 Å². The summed E-state index contributed by atoms with van der Waals surface area (Å²) in [5.41, 5.74) is 0.684. The van der Waals surface area contributed by atoms with E-state index in [9.17, 15) is 8.42 Å². The van der Waals surface area contributed by atoms with Gasteiger partial charge in [-0.05, 0) is 24.3 Å². The summed E-state index contributed by atoms with van der Waals surface area (Å²) in [6.45, 7) is 0. The van der Waals surface area contributed by atoms with Gasteiger partial charge in [0.25, 0.3) is 0 Å². The second-order valence-corrected chi connectivity index (χ2v) is 8.60. The van der Waals surface area contributed by atoms with Crippen molar-refractivity contribution >= 4 is 44.6 Å². The first-order valence-corrected chi connectivity index (χ1v) is 10.2. The summed E-state index contributed by atoms with van der Waals surface area (Å²) < 4.78 is 28.2. The number of aromatic amines is 1. The molecule has 4 rings (SSSR count). The van der Waals surface area contributed by atoms with Crippen molar-refractivity contribution in [1.82, 2.24) is 20.2 Å². The molecule has 0 atom stereocenters. The number of thiophene rings is 1. The summed E-state index contributed by atoms with van der Waals surface area (Å²) in [5.74, 6) is 1.75. The fraction of sp³-hybridized carbons (Fsp3) is 0. The van der Waals surface area contributed by atoms with Crippen LogP contribution in [0.4, 0.5) is 11.6 Å². The zero-order valence-electron chi connectivity index (χ0n) is 13.4. The zero-order chi connectivity index (χ0) is 19.0. The van der Waals surface area contributed by atoms with Crippen LogP contribution in [-0.2, 0) is 10.0 Å². The predicted molar refractivity (Wildman–Crippen MR) is 101 cm³/mol. The third-order valence-electron chi connectivity index (χ3n) is 3.44. The van der Waals surface area contributed by atoms with Gasteiger partial charge in [-0.3, -0.25) is 5.10 Å². The third-order valence-corrected chi connectivity index (χ3v) is 6.23. The molecule has 0 saturated heterocycles. The molecule has 0 spiro atoms. The molecule has 0 fully saturated rings. The molecule has 0 aliphatic heterocycles. The third kappa shape index (κ3) is 3.71. The quantitative estimate of drug-likeness (QED) is 0.448. The van der Waals surface area contributed by atoms with Gasteiger partial charge in [-0.2, -0.15) is 5.10 Å². The molecule has 0 aliphatic rings. The van der Waals surface area contributed by atoms with Gasteiger partial charge in [-0.15, -0.1) is 11.3 Å². The molecular formula is C15H11ClN6O3S2. The maximum absolute atomic E-state index is 11.4. The number of primary sulfonamides is 1. The summed E-state index contributed by atoms with van der Waals surface area (Å²) in [7, 11) is -3.78. The fourth-order valence-electron chi connectivity index (χ4n) is 2.23. The van der Waals surface area contributed by atoms with E-state index < -0.39 is 10.0 Å². The number of rotatable bonds is 5. The number of nitrogens with two attached hydrogens (primary N) is 1. The lowest BCUT2D eigenvalue weighted by Gasteiger charge is -2.05. The van der Waals surface area contributed by atoms with Gasteiger partial charge >= 0.3 is 0 Å². The minimum atomic E-state index is -3.78. The molecule has 0 radical (unpaired) electrons. The van der Waals surface area contributed by atoms with Crippen molar-refractivity contribution < 1.29 is 12.8 Å². The first-order valence-electron chi connectivity index (χ1n) is 7.42. The van der Waals surface area contributed by atoms with Crippen molar-refractivity contribution in [2.24, 2.45) is 5.14 Å². The Labute approximate surface area is 162 Å². The Bertz CT molecular complexity index is 1200. The molecule has 27 heavy (non-hydrogen) atoms. The molecule has 0 aromatic carbocycles. The average molecular weight is 423 g/mol. The molecule has 0 unspecified atom stereocenters. The Morgan fingerprint density at radius 1 is 1.30 bits per heavy atom. The second kappa shape index (κ2) is 6.78. The Kier molecular flexibility index (Phi) is 4.44. The van der Waals surface area contributed by atoms with Crippen LogP contribution in [0.15, 0.2) is 51.4 Å². The number of nitrogens with zero attached hydrogens (tertiary/aromatic N) is 3. The number of halogens is 1. The molecule has 138 valence electrons. The predicted octanol–water partition coefficient (Wildman–Crippen LogP) is 3.23. The van der Waals surface area contributed by atoms with E-state index in [1.807, 2.05) is 0 Å². The van der Waals surface area contributed by atoms with E-state index in [0.29, 0.717) is 33.8 Å². The Balaban J connectivity index is 1.62. The molecule has 0 saturated carbocycles. The highest BCUT2D eigenvalue weighted by atomic mass is 35.5. The number of sulfonamides is 1. The summed E-state index contributed by atoms with van der Waals surface area (Å²) >= 11 is 7.13. The van der Waals surface area contributed by atoms with Crippen LogP contribution in [0.2, 0.25) is 5.02 Å². The second-order valence-electron chi connectivity index (χ2n) is 5.32. The summed E-state index contributed by atoms with van der Waals surface area (Å²) in [5, 5.41) is 15.4. The maximum Gasteiger partial charge on any atom is 0.247 e. The van der Waals surface area contributed by atoms with E-state index in [0.717, 1.165) is 11.3 Å². The number of nitrogens with one attached hydrogen (secondary N) is 2. The largest absolute Gasteiger partial charge is 0.463 e. The Morgan fingerprint density at radius 3 is 2.85 bits per heavy atom. The monoisotopic (exact) mass is 422 g/mol. The van der Waals surface area contributed by atoms with Crippen LogP contribution in [0, 0.1) is 0 Å². The molecule has 4 heterocycles. The number of aromatic nitrogens is 4. The van der Waals surface area contributed by atoms with Crippen LogP contribution in [0.25, 0.3) is 22.2 Å². The number of hydrogen-bond acceptors (Lipinski definition) is 8. The van der Waals surface area contributed by atoms with E-state index in [1.165, 1.54) is 12.3 Å². The highest BCUT2D eigenvalue weighted by molar-refractivity contribution is 7.91. The fourth-order valence-corrected chi connectivity index (χ4v) is 4.04. The first-order chi connectivity index (χ1) is 12.9. The van der Waals surface area contributed by atoms with Gasteiger partial charge in [0.1, 0.15) is 14.9 Å². The van der Waals surface area contributed by atoms with Gasteiger partial charge < -0.3 is 9.73 Å². The van der Waals surface area contributed by atoms with Gasteiger partial charge in [0.05, 0.1) is 17.3 Å². The summed E-state index contributed by atoms with van der Waals surface area (Å²) in [6.07, 6.45) is 2.98. The smallest absolute Gasteiger partial charge is 0.247 e. The number of hydrogen-bond donors (Lipinski definition) is 3. The zero-order valence-corrected chi connectivity index (χ0v) is 15.8. The highest BCUT2D eigenvalue weighted by Crippen LogP contribution is 2.31. The van der Waals surface area contributed by atoms with E-state index >= 15 is 0 Å². The lowest BCUT2D eigenvalue weighted by atomic mass is 10.3. The van der Waals surface area contributed by atoms with Crippen LogP contribution in [-0.4, -0.2) is 28.6 Å². The molecule has 12 heteroatoms. The van der Waals surface area contributed by atoms with Crippen molar-refractivity contribution in [2.45, 2.75) is 4.21 Å². The number of H-pyrrole nitrogens is 1. The minimum Gasteiger partial charge on any atom is -0.463 e. The van der Waals surface area contributed by atoms with Crippen molar-refractivity contribution in [1.29, 1.82) is 0 Å². The van der Waals surface area contributed by atoms with Crippen LogP contribution < -0.4 is 10.5 Å². The Morgan fingerprint density at radius 2 is 2.15 bits per heavy atom. The van der Waals surface area contributed by atoms with E-state index in [4.69, 9.17) is 21.2 Å². The van der Waals surface area contributed by atoms with Crippen molar-refractivity contribution in [2.75, 3.05) is 5.32 Å². The molecule has 0 bridgehead atoms. The number of anilines is 2. The van der Waals surface area contributed by atoms with Crippen LogP contribution in [0.3, 0.4) is 0 Å². The molecule has 4 N–H and O–H groups in total. The van der Waals surface area contributed by atoms with Crippen molar-refractivity contribution in [3.63, 3.8) is 0 Å². The lowest BCUT2D eigenvalue weighted by Crippen LogP contribution is -2.09. The van der Waals surface area contributed by atoms with Crippen molar-refractivity contribution in [3.8, 4) is 22.2 Å². The normalized spacial score (nSPS) is 11.6. The van der Waals surface area contributed by atoms with Crippen LogP contribution >= 0.6 is 22.9 Å². The molecule has 4 aromatic rings. The molecule has 9 nitrogen and oxygen atoms in total. The topological polar surface area (TPSA) is 140 Å². The van der Waals surface area contributed by atoms with Gasteiger partial charge in [0.2, 0.25) is 10.0 Å².